The van der Waals surface area contributed by atoms with E-state index in [2.05, 4.69) is 49.5 Å². The third-order valence-electron chi connectivity index (χ3n) is 3.74. The first-order chi connectivity index (χ1) is 9.74. The predicted octanol–water partition coefficient (Wildman–Crippen LogP) is 4.11. The Morgan fingerprint density at radius 1 is 1.10 bits per heavy atom. The molecule has 0 aliphatic heterocycles. The van der Waals surface area contributed by atoms with Crippen molar-refractivity contribution in [2.24, 2.45) is 0 Å². The van der Waals surface area contributed by atoms with Crippen LogP contribution < -0.4 is 5.32 Å². The number of hydrogen-bond acceptors (Lipinski definition) is 3. The minimum atomic E-state index is 0.229. The first-order valence-corrected chi connectivity index (χ1v) is 8.35. The smallest absolute Gasteiger partial charge is 0.115 e. The van der Waals surface area contributed by atoms with Crippen LogP contribution in [0.5, 0.6) is 0 Å². The molecular formula is C17H22N2S. The molecule has 1 N–H and O–H groups in total. The third kappa shape index (κ3) is 2.94. The summed E-state index contributed by atoms with van der Waals surface area (Å²) in [4.78, 5) is 6.45. The molecule has 0 saturated carbocycles. The molecule has 0 spiro atoms. The molecule has 2 nitrogen and oxygen atoms in total. The molecule has 0 amide bonds. The van der Waals surface area contributed by atoms with E-state index in [4.69, 9.17) is 4.98 Å². The van der Waals surface area contributed by atoms with Crippen molar-refractivity contribution < 1.29 is 0 Å². The van der Waals surface area contributed by atoms with Gasteiger partial charge in [-0.05, 0) is 45.1 Å². The summed E-state index contributed by atoms with van der Waals surface area (Å²) in [5.74, 6) is 0. The normalized spacial score (nSPS) is 16.1. The van der Waals surface area contributed by atoms with Crippen molar-refractivity contribution >= 4 is 11.3 Å². The summed E-state index contributed by atoms with van der Waals surface area (Å²) in [5, 5.41) is 4.90. The lowest BCUT2D eigenvalue weighted by Crippen LogP contribution is -2.28. The molecule has 3 heteroatoms. The largest absolute Gasteiger partial charge is 0.302 e. The maximum absolute atomic E-state index is 4.94. The summed E-state index contributed by atoms with van der Waals surface area (Å²) in [5.41, 5.74) is 2.66. The Labute approximate surface area is 125 Å². The lowest BCUT2D eigenvalue weighted by molar-refractivity contribution is 0.525. The van der Waals surface area contributed by atoms with E-state index in [-0.39, 0.29) is 6.04 Å². The van der Waals surface area contributed by atoms with Gasteiger partial charge < -0.3 is 5.32 Å². The summed E-state index contributed by atoms with van der Waals surface area (Å²) >= 11 is 1.91. The number of aryl methyl sites for hydroxylation is 2. The number of nitrogens with zero attached hydrogens (tertiary/aromatic N) is 1. The van der Waals surface area contributed by atoms with E-state index in [0.29, 0.717) is 6.04 Å². The van der Waals surface area contributed by atoms with E-state index in [0.717, 1.165) is 6.42 Å². The zero-order chi connectivity index (χ0) is 13.9. The second kappa shape index (κ2) is 6.06. The number of aromatic nitrogens is 1. The highest BCUT2D eigenvalue weighted by molar-refractivity contribution is 7.11. The monoisotopic (exact) mass is 286 g/mol. The van der Waals surface area contributed by atoms with Crippen LogP contribution in [0.2, 0.25) is 0 Å². The quantitative estimate of drug-likeness (QED) is 0.915. The van der Waals surface area contributed by atoms with Gasteiger partial charge in [0.25, 0.3) is 0 Å². The van der Waals surface area contributed by atoms with Gasteiger partial charge in [-0.3, -0.25) is 0 Å². The van der Waals surface area contributed by atoms with Crippen molar-refractivity contribution in [3.05, 3.63) is 51.5 Å². The van der Waals surface area contributed by atoms with Gasteiger partial charge in [-0.25, -0.2) is 4.98 Å². The van der Waals surface area contributed by atoms with Gasteiger partial charge in [-0.2, -0.15) is 0 Å². The molecule has 1 atom stereocenters. The van der Waals surface area contributed by atoms with E-state index in [1.165, 1.54) is 40.4 Å². The van der Waals surface area contributed by atoms with Gasteiger partial charge >= 0.3 is 0 Å². The van der Waals surface area contributed by atoms with Crippen LogP contribution in [0.1, 0.15) is 53.9 Å². The van der Waals surface area contributed by atoms with E-state index < -0.39 is 0 Å². The second-order valence-electron chi connectivity index (χ2n) is 5.79. The van der Waals surface area contributed by atoms with Crippen molar-refractivity contribution in [3.8, 4) is 0 Å². The Morgan fingerprint density at radius 3 is 2.55 bits per heavy atom. The molecule has 0 bridgehead atoms. The molecule has 20 heavy (non-hydrogen) atoms. The Morgan fingerprint density at radius 2 is 1.85 bits per heavy atom. The lowest BCUT2D eigenvalue weighted by atomic mass is 10.0. The van der Waals surface area contributed by atoms with Crippen LogP contribution in [0.3, 0.4) is 0 Å². The summed E-state index contributed by atoms with van der Waals surface area (Å²) in [6, 6.07) is 11.4. The molecule has 1 aliphatic carbocycles. The van der Waals surface area contributed by atoms with Crippen LogP contribution in [0, 0.1) is 0 Å². The van der Waals surface area contributed by atoms with Crippen molar-refractivity contribution in [1.82, 2.24) is 10.3 Å². The van der Waals surface area contributed by atoms with Crippen molar-refractivity contribution in [2.75, 3.05) is 0 Å². The molecule has 1 aromatic carbocycles. The summed E-state index contributed by atoms with van der Waals surface area (Å²) in [7, 11) is 0. The van der Waals surface area contributed by atoms with E-state index in [9.17, 15) is 0 Å². The number of benzene rings is 1. The SMILES string of the molecule is CC(C)NC(c1ccccc1)c1nc2c(s1)CCCC2. The fourth-order valence-electron chi connectivity index (χ4n) is 2.78. The number of rotatable bonds is 4. The van der Waals surface area contributed by atoms with Crippen molar-refractivity contribution in [1.29, 1.82) is 0 Å². The topological polar surface area (TPSA) is 24.9 Å². The molecule has 3 rings (SSSR count). The highest BCUT2D eigenvalue weighted by Crippen LogP contribution is 2.32. The minimum absolute atomic E-state index is 0.229. The van der Waals surface area contributed by atoms with Crippen LogP contribution in [0.4, 0.5) is 0 Å². The van der Waals surface area contributed by atoms with Gasteiger partial charge in [-0.1, -0.05) is 30.3 Å². The fraction of sp³-hybridized carbons (Fsp3) is 0.471. The van der Waals surface area contributed by atoms with E-state index in [1.54, 1.807) is 0 Å². The molecule has 0 saturated heterocycles. The standard InChI is InChI=1S/C17H22N2S/c1-12(2)18-16(13-8-4-3-5-9-13)17-19-14-10-6-7-11-15(14)20-17/h3-5,8-9,12,16,18H,6-7,10-11H2,1-2H3. The summed E-state index contributed by atoms with van der Waals surface area (Å²) in [6.07, 6.45) is 5.00. The first-order valence-electron chi connectivity index (χ1n) is 7.53. The Hall–Kier alpha value is -1.19. The number of nitrogens with one attached hydrogen (secondary N) is 1. The summed E-state index contributed by atoms with van der Waals surface area (Å²) in [6.45, 7) is 4.40. The van der Waals surface area contributed by atoms with Crippen LogP contribution in [0.25, 0.3) is 0 Å². The van der Waals surface area contributed by atoms with E-state index >= 15 is 0 Å². The average molecular weight is 286 g/mol. The zero-order valence-corrected chi connectivity index (χ0v) is 13.0. The van der Waals surface area contributed by atoms with Crippen molar-refractivity contribution in [3.63, 3.8) is 0 Å². The second-order valence-corrected chi connectivity index (χ2v) is 6.91. The molecule has 1 unspecified atom stereocenters. The number of thiazole rings is 1. The Bertz CT molecular complexity index is 536. The molecule has 106 valence electrons. The van der Waals surface area contributed by atoms with Crippen LogP contribution in [-0.4, -0.2) is 11.0 Å². The number of fused-ring (bicyclic) bond motifs is 1. The zero-order valence-electron chi connectivity index (χ0n) is 12.2. The molecule has 0 radical (unpaired) electrons. The molecule has 1 heterocycles. The first kappa shape index (κ1) is 13.8. The Balaban J connectivity index is 1.94. The highest BCUT2D eigenvalue weighted by Gasteiger charge is 2.22. The van der Waals surface area contributed by atoms with Gasteiger partial charge in [0.2, 0.25) is 0 Å². The minimum Gasteiger partial charge on any atom is -0.302 e. The summed E-state index contributed by atoms with van der Waals surface area (Å²) < 4.78 is 0. The van der Waals surface area contributed by atoms with Crippen LogP contribution >= 0.6 is 11.3 Å². The van der Waals surface area contributed by atoms with Gasteiger partial charge in [0, 0.05) is 10.9 Å². The van der Waals surface area contributed by atoms with Gasteiger partial charge in [0.15, 0.2) is 0 Å². The van der Waals surface area contributed by atoms with Gasteiger partial charge in [0.05, 0.1) is 11.7 Å². The molecular weight excluding hydrogens is 264 g/mol. The fourth-order valence-corrected chi connectivity index (χ4v) is 4.03. The predicted molar refractivity (Wildman–Crippen MR) is 85.3 cm³/mol. The Kier molecular flexibility index (Phi) is 4.18. The van der Waals surface area contributed by atoms with Crippen molar-refractivity contribution in [2.45, 2.75) is 51.6 Å². The van der Waals surface area contributed by atoms with Crippen LogP contribution in [0.15, 0.2) is 30.3 Å². The highest BCUT2D eigenvalue weighted by atomic mass is 32.1. The van der Waals surface area contributed by atoms with Gasteiger partial charge in [-0.15, -0.1) is 11.3 Å². The van der Waals surface area contributed by atoms with Gasteiger partial charge in [0.1, 0.15) is 5.01 Å². The lowest BCUT2D eigenvalue weighted by Gasteiger charge is -2.19. The molecule has 1 aliphatic rings. The number of hydrogen-bond donors (Lipinski definition) is 1. The maximum atomic E-state index is 4.94. The molecule has 2 aromatic rings. The third-order valence-corrected chi connectivity index (χ3v) is 4.96. The maximum Gasteiger partial charge on any atom is 0.115 e. The average Bonchev–Trinajstić information content (AvgIpc) is 2.89. The van der Waals surface area contributed by atoms with Crippen LogP contribution in [-0.2, 0) is 12.8 Å². The molecule has 1 aromatic heterocycles. The van der Waals surface area contributed by atoms with E-state index in [1.807, 2.05) is 11.3 Å². The molecule has 0 fully saturated rings.